The van der Waals surface area contributed by atoms with Gasteiger partial charge in [-0.3, -0.25) is 4.79 Å². The molecule has 0 bridgehead atoms. The van der Waals surface area contributed by atoms with Crippen LogP contribution in [0.1, 0.15) is 38.5 Å². The molecule has 1 atom stereocenters. The van der Waals surface area contributed by atoms with Crippen LogP contribution in [0.15, 0.2) is 0 Å². The van der Waals surface area contributed by atoms with Crippen LogP contribution in [0.3, 0.4) is 0 Å². The molecule has 2 aliphatic rings. The molecule has 0 spiro atoms. The highest BCUT2D eigenvalue weighted by molar-refractivity contribution is 5.79. The lowest BCUT2D eigenvalue weighted by molar-refractivity contribution is -0.138. The van der Waals surface area contributed by atoms with E-state index in [0.29, 0.717) is 25.7 Å². The third-order valence-electron chi connectivity index (χ3n) is 3.95. The molecule has 2 N–H and O–H groups in total. The summed E-state index contributed by atoms with van der Waals surface area (Å²) in [6.45, 7) is 2.61. The zero-order valence-corrected chi connectivity index (χ0v) is 10.6. The Balaban J connectivity index is 1.96. The van der Waals surface area contributed by atoms with E-state index in [4.69, 9.17) is 10.5 Å². The minimum Gasteiger partial charge on any atom is -0.381 e. The van der Waals surface area contributed by atoms with Crippen LogP contribution in [0.4, 0.5) is 0 Å². The van der Waals surface area contributed by atoms with E-state index in [1.54, 1.807) is 0 Å². The second-order valence-electron chi connectivity index (χ2n) is 5.17. The van der Waals surface area contributed by atoms with Crippen molar-refractivity contribution in [3.8, 4) is 0 Å². The maximum absolute atomic E-state index is 12.4. The molecule has 4 nitrogen and oxygen atoms in total. The van der Waals surface area contributed by atoms with Gasteiger partial charge in [-0.25, -0.2) is 0 Å². The number of amides is 1. The van der Waals surface area contributed by atoms with Crippen LogP contribution < -0.4 is 5.73 Å². The molecule has 1 saturated heterocycles. The summed E-state index contributed by atoms with van der Waals surface area (Å²) in [5.74, 6) is 0.364. The zero-order valence-electron chi connectivity index (χ0n) is 10.6. The molecular formula is C13H24N2O2. The molecule has 1 heterocycles. The highest BCUT2D eigenvalue weighted by atomic mass is 16.5. The monoisotopic (exact) mass is 240 g/mol. The molecule has 98 valence electrons. The minimum absolute atomic E-state index is 0.0866. The van der Waals surface area contributed by atoms with Gasteiger partial charge in [0, 0.05) is 25.7 Å². The van der Waals surface area contributed by atoms with Crippen molar-refractivity contribution in [3.05, 3.63) is 0 Å². The Kier molecular flexibility index (Phi) is 4.80. The van der Waals surface area contributed by atoms with Crippen molar-refractivity contribution in [1.82, 2.24) is 4.90 Å². The standard InChI is InChI=1S/C13H24N2O2/c14-7-8-15(12-4-2-1-3-5-12)13(16)11-6-9-17-10-11/h11-12H,1-10,14H2. The Bertz CT molecular complexity index is 246. The topological polar surface area (TPSA) is 55.6 Å². The van der Waals surface area contributed by atoms with Crippen molar-refractivity contribution in [3.63, 3.8) is 0 Å². The lowest BCUT2D eigenvalue weighted by atomic mass is 9.93. The first-order chi connectivity index (χ1) is 8.33. The lowest BCUT2D eigenvalue weighted by Gasteiger charge is -2.35. The van der Waals surface area contributed by atoms with Crippen LogP contribution in [-0.4, -0.2) is 43.2 Å². The number of hydrogen-bond donors (Lipinski definition) is 1. The molecular weight excluding hydrogens is 216 g/mol. The number of nitrogens with zero attached hydrogens (tertiary/aromatic N) is 1. The predicted molar refractivity (Wildman–Crippen MR) is 66.6 cm³/mol. The van der Waals surface area contributed by atoms with Crippen LogP contribution >= 0.6 is 0 Å². The van der Waals surface area contributed by atoms with E-state index in [2.05, 4.69) is 0 Å². The molecule has 1 aliphatic heterocycles. The molecule has 0 aromatic carbocycles. The largest absolute Gasteiger partial charge is 0.381 e. The van der Waals surface area contributed by atoms with Gasteiger partial charge in [-0.15, -0.1) is 0 Å². The van der Waals surface area contributed by atoms with Crippen molar-refractivity contribution in [2.24, 2.45) is 11.7 Å². The SMILES string of the molecule is NCCN(C(=O)C1CCOC1)C1CCCCC1. The zero-order chi connectivity index (χ0) is 12.1. The number of ether oxygens (including phenoxy) is 1. The fourth-order valence-corrected chi connectivity index (χ4v) is 2.97. The Hall–Kier alpha value is -0.610. The molecule has 0 aromatic heterocycles. The first kappa shape index (κ1) is 12.8. The lowest BCUT2D eigenvalue weighted by Crippen LogP contribution is -2.47. The van der Waals surface area contributed by atoms with E-state index < -0.39 is 0 Å². The van der Waals surface area contributed by atoms with Gasteiger partial charge in [-0.05, 0) is 19.3 Å². The summed E-state index contributed by atoms with van der Waals surface area (Å²) in [5.41, 5.74) is 5.65. The second-order valence-corrected chi connectivity index (χ2v) is 5.17. The number of nitrogens with two attached hydrogens (primary N) is 1. The summed E-state index contributed by atoms with van der Waals surface area (Å²) in [5, 5.41) is 0. The van der Waals surface area contributed by atoms with Crippen LogP contribution in [-0.2, 0) is 9.53 Å². The Morgan fingerprint density at radius 1 is 1.24 bits per heavy atom. The average molecular weight is 240 g/mol. The normalized spacial score (nSPS) is 26.1. The van der Waals surface area contributed by atoms with Gasteiger partial charge in [0.05, 0.1) is 12.5 Å². The molecule has 4 heteroatoms. The summed E-state index contributed by atoms with van der Waals surface area (Å²) in [6.07, 6.45) is 7.00. The maximum atomic E-state index is 12.4. The van der Waals surface area contributed by atoms with Crippen molar-refractivity contribution >= 4 is 5.91 Å². The van der Waals surface area contributed by atoms with Gasteiger partial charge in [0.15, 0.2) is 0 Å². The molecule has 1 saturated carbocycles. The Morgan fingerprint density at radius 2 is 2.00 bits per heavy atom. The first-order valence-corrected chi connectivity index (χ1v) is 6.91. The van der Waals surface area contributed by atoms with Crippen LogP contribution in [0, 0.1) is 5.92 Å². The quantitative estimate of drug-likeness (QED) is 0.802. The first-order valence-electron chi connectivity index (χ1n) is 6.91. The summed E-state index contributed by atoms with van der Waals surface area (Å²) in [4.78, 5) is 14.5. The fourth-order valence-electron chi connectivity index (χ4n) is 2.97. The third-order valence-corrected chi connectivity index (χ3v) is 3.95. The predicted octanol–water partition coefficient (Wildman–Crippen LogP) is 1.14. The molecule has 2 rings (SSSR count). The van der Waals surface area contributed by atoms with Gasteiger partial charge in [-0.1, -0.05) is 19.3 Å². The number of carbonyl (C=O) groups is 1. The molecule has 2 fully saturated rings. The number of carbonyl (C=O) groups excluding carboxylic acids is 1. The van der Waals surface area contributed by atoms with E-state index in [1.807, 2.05) is 4.90 Å². The summed E-state index contributed by atoms with van der Waals surface area (Å²) in [6, 6.07) is 0.431. The van der Waals surface area contributed by atoms with Gasteiger partial charge in [0.2, 0.25) is 5.91 Å². The van der Waals surface area contributed by atoms with Crippen molar-refractivity contribution in [1.29, 1.82) is 0 Å². The smallest absolute Gasteiger partial charge is 0.228 e. The highest BCUT2D eigenvalue weighted by Gasteiger charge is 2.32. The average Bonchev–Trinajstić information content (AvgIpc) is 2.90. The van der Waals surface area contributed by atoms with Crippen molar-refractivity contribution in [2.75, 3.05) is 26.3 Å². The van der Waals surface area contributed by atoms with E-state index in [1.165, 1.54) is 19.3 Å². The molecule has 1 amide bonds. The Labute approximate surface area is 103 Å². The van der Waals surface area contributed by atoms with E-state index in [-0.39, 0.29) is 11.8 Å². The van der Waals surface area contributed by atoms with Gasteiger partial charge in [0.1, 0.15) is 0 Å². The van der Waals surface area contributed by atoms with Crippen LogP contribution in [0.2, 0.25) is 0 Å². The van der Waals surface area contributed by atoms with E-state index in [0.717, 1.165) is 25.9 Å². The molecule has 1 unspecified atom stereocenters. The molecule has 1 aliphatic carbocycles. The molecule has 0 radical (unpaired) electrons. The van der Waals surface area contributed by atoms with Gasteiger partial charge < -0.3 is 15.4 Å². The van der Waals surface area contributed by atoms with E-state index >= 15 is 0 Å². The minimum atomic E-state index is 0.0866. The third kappa shape index (κ3) is 3.19. The van der Waals surface area contributed by atoms with Crippen LogP contribution in [0.25, 0.3) is 0 Å². The highest BCUT2D eigenvalue weighted by Crippen LogP contribution is 2.25. The van der Waals surface area contributed by atoms with Crippen molar-refractivity contribution in [2.45, 2.75) is 44.6 Å². The van der Waals surface area contributed by atoms with Gasteiger partial charge >= 0.3 is 0 Å². The Morgan fingerprint density at radius 3 is 2.59 bits per heavy atom. The number of rotatable bonds is 4. The summed E-state index contributed by atoms with van der Waals surface area (Å²) in [7, 11) is 0. The fraction of sp³-hybridized carbons (Fsp3) is 0.923. The van der Waals surface area contributed by atoms with Gasteiger partial charge in [-0.2, -0.15) is 0 Å². The van der Waals surface area contributed by atoms with E-state index in [9.17, 15) is 4.79 Å². The number of hydrogen-bond acceptors (Lipinski definition) is 3. The van der Waals surface area contributed by atoms with Crippen LogP contribution in [0.5, 0.6) is 0 Å². The van der Waals surface area contributed by atoms with Crippen molar-refractivity contribution < 1.29 is 9.53 Å². The molecule has 0 aromatic rings. The summed E-state index contributed by atoms with van der Waals surface area (Å²) < 4.78 is 5.32. The maximum Gasteiger partial charge on any atom is 0.228 e. The summed E-state index contributed by atoms with van der Waals surface area (Å²) >= 11 is 0. The second kappa shape index (κ2) is 6.36. The molecule has 17 heavy (non-hydrogen) atoms. The van der Waals surface area contributed by atoms with Gasteiger partial charge in [0.25, 0.3) is 0 Å².